The van der Waals surface area contributed by atoms with E-state index in [4.69, 9.17) is 4.74 Å². The standard InChI is InChI=1S/C12H24N2O2/c1-9(2)10(3)11(15)14-8-12(4)7-13-5-6-16-12/h9-10,13H,5-8H2,1-4H3,(H,14,15). The number of carbonyl (C=O) groups is 1. The summed E-state index contributed by atoms with van der Waals surface area (Å²) < 4.78 is 5.68. The number of morpholine rings is 1. The highest BCUT2D eigenvalue weighted by molar-refractivity contribution is 5.78. The van der Waals surface area contributed by atoms with Gasteiger partial charge in [0.15, 0.2) is 0 Å². The largest absolute Gasteiger partial charge is 0.371 e. The molecule has 0 aromatic carbocycles. The van der Waals surface area contributed by atoms with Gasteiger partial charge < -0.3 is 15.4 Å². The van der Waals surface area contributed by atoms with Gasteiger partial charge in [-0.1, -0.05) is 20.8 Å². The molecule has 4 heteroatoms. The molecule has 1 saturated heterocycles. The smallest absolute Gasteiger partial charge is 0.223 e. The SMILES string of the molecule is CC(C)C(C)C(=O)NCC1(C)CNCCO1. The maximum atomic E-state index is 11.8. The summed E-state index contributed by atoms with van der Waals surface area (Å²) >= 11 is 0. The Morgan fingerprint density at radius 1 is 1.50 bits per heavy atom. The lowest BCUT2D eigenvalue weighted by atomic mass is 9.96. The van der Waals surface area contributed by atoms with Gasteiger partial charge in [-0.05, 0) is 12.8 Å². The Kier molecular flexibility index (Phi) is 4.74. The van der Waals surface area contributed by atoms with E-state index in [0.717, 1.165) is 13.1 Å². The van der Waals surface area contributed by atoms with Crippen molar-refractivity contribution >= 4 is 5.91 Å². The minimum atomic E-state index is -0.259. The van der Waals surface area contributed by atoms with Gasteiger partial charge in [0.2, 0.25) is 5.91 Å². The van der Waals surface area contributed by atoms with Crippen LogP contribution in [-0.4, -0.2) is 37.7 Å². The molecular formula is C12H24N2O2. The van der Waals surface area contributed by atoms with E-state index < -0.39 is 0 Å². The van der Waals surface area contributed by atoms with Gasteiger partial charge in [0, 0.05) is 25.6 Å². The van der Waals surface area contributed by atoms with Crippen molar-refractivity contribution in [2.24, 2.45) is 11.8 Å². The van der Waals surface area contributed by atoms with Crippen molar-refractivity contribution in [3.63, 3.8) is 0 Å². The molecule has 1 aliphatic heterocycles. The fraction of sp³-hybridized carbons (Fsp3) is 0.917. The molecule has 2 atom stereocenters. The molecule has 0 bridgehead atoms. The first-order chi connectivity index (χ1) is 7.44. The van der Waals surface area contributed by atoms with Gasteiger partial charge in [0.25, 0.3) is 0 Å². The summed E-state index contributed by atoms with van der Waals surface area (Å²) in [5, 5.41) is 6.24. The Hall–Kier alpha value is -0.610. The lowest BCUT2D eigenvalue weighted by Gasteiger charge is -2.34. The van der Waals surface area contributed by atoms with Crippen LogP contribution in [0.15, 0.2) is 0 Å². The zero-order valence-electron chi connectivity index (χ0n) is 10.8. The molecule has 1 amide bonds. The molecule has 0 saturated carbocycles. The van der Waals surface area contributed by atoms with Crippen LogP contribution in [0.25, 0.3) is 0 Å². The molecule has 16 heavy (non-hydrogen) atoms. The second-order valence-electron chi connectivity index (χ2n) is 5.23. The summed E-state index contributed by atoms with van der Waals surface area (Å²) in [5.41, 5.74) is -0.259. The van der Waals surface area contributed by atoms with E-state index in [1.165, 1.54) is 0 Å². The molecule has 1 rings (SSSR count). The molecule has 1 aliphatic rings. The van der Waals surface area contributed by atoms with E-state index in [1.807, 2.05) is 13.8 Å². The minimum Gasteiger partial charge on any atom is -0.371 e. The highest BCUT2D eigenvalue weighted by Gasteiger charge is 2.29. The molecule has 2 N–H and O–H groups in total. The third-order valence-corrected chi connectivity index (χ3v) is 3.28. The normalized spacial score (nSPS) is 27.8. The molecule has 1 heterocycles. The summed E-state index contributed by atoms with van der Waals surface area (Å²) in [4.78, 5) is 11.8. The van der Waals surface area contributed by atoms with Crippen LogP contribution >= 0.6 is 0 Å². The summed E-state index contributed by atoms with van der Waals surface area (Å²) in [6.07, 6.45) is 0. The average molecular weight is 228 g/mol. The van der Waals surface area contributed by atoms with E-state index in [2.05, 4.69) is 24.5 Å². The minimum absolute atomic E-state index is 0.0557. The Balaban J connectivity index is 2.35. The van der Waals surface area contributed by atoms with Crippen LogP contribution in [0.3, 0.4) is 0 Å². The summed E-state index contributed by atoms with van der Waals surface area (Å²) in [5.74, 6) is 0.545. The van der Waals surface area contributed by atoms with Gasteiger partial charge in [-0.3, -0.25) is 4.79 Å². The average Bonchev–Trinajstić information content (AvgIpc) is 2.26. The van der Waals surface area contributed by atoms with Crippen molar-refractivity contribution < 1.29 is 9.53 Å². The first kappa shape index (κ1) is 13.5. The Morgan fingerprint density at radius 2 is 2.19 bits per heavy atom. The van der Waals surface area contributed by atoms with Crippen molar-refractivity contribution in [1.29, 1.82) is 0 Å². The highest BCUT2D eigenvalue weighted by Crippen LogP contribution is 2.13. The maximum Gasteiger partial charge on any atom is 0.223 e. The zero-order valence-corrected chi connectivity index (χ0v) is 10.8. The molecule has 0 radical (unpaired) electrons. The second-order valence-corrected chi connectivity index (χ2v) is 5.23. The van der Waals surface area contributed by atoms with Crippen LogP contribution in [0.2, 0.25) is 0 Å². The number of nitrogens with one attached hydrogen (secondary N) is 2. The Labute approximate surface area is 98.1 Å². The second kappa shape index (κ2) is 5.64. The molecule has 4 nitrogen and oxygen atoms in total. The van der Waals surface area contributed by atoms with E-state index in [-0.39, 0.29) is 17.4 Å². The highest BCUT2D eigenvalue weighted by atomic mass is 16.5. The van der Waals surface area contributed by atoms with Gasteiger partial charge in [-0.2, -0.15) is 0 Å². The monoisotopic (exact) mass is 228 g/mol. The third kappa shape index (κ3) is 3.76. The Morgan fingerprint density at radius 3 is 2.69 bits per heavy atom. The molecule has 2 unspecified atom stereocenters. The molecule has 0 aromatic heterocycles. The number of hydrogen-bond acceptors (Lipinski definition) is 3. The summed E-state index contributed by atoms with van der Waals surface area (Å²) in [6.45, 7) is 11.1. The number of hydrogen-bond donors (Lipinski definition) is 2. The van der Waals surface area contributed by atoms with Crippen molar-refractivity contribution in [2.75, 3.05) is 26.2 Å². The fourth-order valence-electron chi connectivity index (χ4n) is 1.62. The van der Waals surface area contributed by atoms with Crippen molar-refractivity contribution in [1.82, 2.24) is 10.6 Å². The molecule has 0 spiro atoms. The van der Waals surface area contributed by atoms with Crippen molar-refractivity contribution in [2.45, 2.75) is 33.3 Å². The van der Waals surface area contributed by atoms with E-state index in [1.54, 1.807) is 0 Å². The van der Waals surface area contributed by atoms with Crippen LogP contribution in [0.1, 0.15) is 27.7 Å². The van der Waals surface area contributed by atoms with Gasteiger partial charge >= 0.3 is 0 Å². The summed E-state index contributed by atoms with van der Waals surface area (Å²) in [7, 11) is 0. The van der Waals surface area contributed by atoms with Crippen molar-refractivity contribution in [3.05, 3.63) is 0 Å². The molecule has 94 valence electrons. The maximum absolute atomic E-state index is 11.8. The van der Waals surface area contributed by atoms with Crippen LogP contribution in [0, 0.1) is 11.8 Å². The first-order valence-corrected chi connectivity index (χ1v) is 6.07. The van der Waals surface area contributed by atoms with Crippen LogP contribution in [-0.2, 0) is 9.53 Å². The predicted octanol–water partition coefficient (Wildman–Crippen LogP) is 0.773. The van der Waals surface area contributed by atoms with Gasteiger partial charge in [-0.25, -0.2) is 0 Å². The van der Waals surface area contributed by atoms with E-state index in [0.29, 0.717) is 19.1 Å². The number of amides is 1. The topological polar surface area (TPSA) is 50.4 Å². The first-order valence-electron chi connectivity index (χ1n) is 6.07. The quantitative estimate of drug-likeness (QED) is 0.747. The fourth-order valence-corrected chi connectivity index (χ4v) is 1.62. The van der Waals surface area contributed by atoms with E-state index in [9.17, 15) is 4.79 Å². The number of ether oxygens (including phenoxy) is 1. The number of carbonyl (C=O) groups excluding carboxylic acids is 1. The summed E-state index contributed by atoms with van der Waals surface area (Å²) in [6, 6.07) is 0. The number of rotatable bonds is 4. The zero-order chi connectivity index (χ0) is 12.2. The molecule has 1 fully saturated rings. The van der Waals surface area contributed by atoms with Gasteiger partial charge in [0.05, 0.1) is 12.2 Å². The van der Waals surface area contributed by atoms with Crippen LogP contribution < -0.4 is 10.6 Å². The Bertz CT molecular complexity index is 235. The predicted molar refractivity (Wildman–Crippen MR) is 64.2 cm³/mol. The van der Waals surface area contributed by atoms with E-state index >= 15 is 0 Å². The van der Waals surface area contributed by atoms with Gasteiger partial charge in [-0.15, -0.1) is 0 Å². The molecule has 0 aromatic rings. The van der Waals surface area contributed by atoms with Crippen LogP contribution in [0.4, 0.5) is 0 Å². The lowest BCUT2D eigenvalue weighted by molar-refractivity contribution is -0.128. The van der Waals surface area contributed by atoms with Gasteiger partial charge in [0.1, 0.15) is 0 Å². The lowest BCUT2D eigenvalue weighted by Crippen LogP contribution is -2.54. The molecule has 0 aliphatic carbocycles. The third-order valence-electron chi connectivity index (χ3n) is 3.28. The molecular weight excluding hydrogens is 204 g/mol. The van der Waals surface area contributed by atoms with Crippen LogP contribution in [0.5, 0.6) is 0 Å². The van der Waals surface area contributed by atoms with Crippen molar-refractivity contribution in [3.8, 4) is 0 Å².